The van der Waals surface area contributed by atoms with Gasteiger partial charge in [-0.2, -0.15) is 5.10 Å². The van der Waals surface area contributed by atoms with Gasteiger partial charge >= 0.3 is 0 Å². The first-order valence-electron chi connectivity index (χ1n) is 6.87. The molecular formula is C17H16BrN3. The van der Waals surface area contributed by atoms with Crippen molar-refractivity contribution >= 4 is 15.9 Å². The summed E-state index contributed by atoms with van der Waals surface area (Å²) in [4.78, 5) is 4.48. The Hall–Kier alpha value is -1.94. The number of aryl methyl sites for hydroxylation is 1. The molecule has 1 aromatic carbocycles. The van der Waals surface area contributed by atoms with Crippen molar-refractivity contribution in [2.75, 3.05) is 0 Å². The summed E-state index contributed by atoms with van der Waals surface area (Å²) < 4.78 is 2.73. The van der Waals surface area contributed by atoms with Crippen LogP contribution in [0.3, 0.4) is 0 Å². The summed E-state index contributed by atoms with van der Waals surface area (Å²) in [5, 5.41) is 4.65. The molecule has 0 radical (unpaired) electrons. The Balaban J connectivity index is 2.01. The normalized spacial score (nSPS) is 10.8. The number of rotatable bonds is 3. The molecule has 0 aliphatic heterocycles. The lowest BCUT2D eigenvalue weighted by molar-refractivity contribution is 0.802. The molecule has 0 unspecified atom stereocenters. The molecule has 0 fully saturated rings. The number of hydrogen-bond donors (Lipinski definition) is 0. The van der Waals surface area contributed by atoms with Gasteiger partial charge in [0.15, 0.2) is 5.82 Å². The highest BCUT2D eigenvalue weighted by Gasteiger charge is 2.14. The smallest absolute Gasteiger partial charge is 0.154 e. The quantitative estimate of drug-likeness (QED) is 0.667. The van der Waals surface area contributed by atoms with Crippen molar-refractivity contribution in [2.45, 2.75) is 20.3 Å². The van der Waals surface area contributed by atoms with E-state index in [0.29, 0.717) is 0 Å². The monoisotopic (exact) mass is 341 g/mol. The Morgan fingerprint density at radius 1 is 1.00 bits per heavy atom. The standard InChI is InChI=1S/C17H16BrN3/c1-12-15(11-14-7-4-3-5-8-14)13(2)21(20-12)17-10-6-9-16(18)19-17/h3-10H,11H2,1-2H3. The van der Waals surface area contributed by atoms with Crippen LogP contribution < -0.4 is 0 Å². The molecule has 3 aromatic rings. The maximum absolute atomic E-state index is 4.65. The molecule has 2 heterocycles. The number of aromatic nitrogens is 3. The molecule has 106 valence electrons. The van der Waals surface area contributed by atoms with Gasteiger partial charge in [-0.05, 0) is 47.5 Å². The summed E-state index contributed by atoms with van der Waals surface area (Å²) in [6.45, 7) is 4.15. The topological polar surface area (TPSA) is 30.7 Å². The second-order valence-corrected chi connectivity index (χ2v) is 5.85. The second-order valence-electron chi connectivity index (χ2n) is 5.04. The molecule has 0 N–H and O–H groups in total. The van der Waals surface area contributed by atoms with Crippen LogP contribution in [0.4, 0.5) is 0 Å². The van der Waals surface area contributed by atoms with Crippen molar-refractivity contribution in [1.82, 2.24) is 14.8 Å². The number of pyridine rings is 1. The summed E-state index contributed by atoms with van der Waals surface area (Å²) in [5.41, 5.74) is 4.76. The first-order chi connectivity index (χ1) is 10.1. The van der Waals surface area contributed by atoms with Gasteiger partial charge in [0.05, 0.1) is 5.69 Å². The fraction of sp³-hybridized carbons (Fsp3) is 0.176. The van der Waals surface area contributed by atoms with E-state index in [1.807, 2.05) is 28.9 Å². The molecule has 0 saturated carbocycles. The molecule has 0 bridgehead atoms. The minimum Gasteiger partial charge on any atom is -0.222 e. The van der Waals surface area contributed by atoms with E-state index < -0.39 is 0 Å². The molecule has 3 rings (SSSR count). The van der Waals surface area contributed by atoms with Crippen LogP contribution in [0, 0.1) is 13.8 Å². The van der Waals surface area contributed by atoms with E-state index in [2.05, 4.69) is 64.1 Å². The first kappa shape index (κ1) is 14.0. The van der Waals surface area contributed by atoms with E-state index >= 15 is 0 Å². The highest BCUT2D eigenvalue weighted by atomic mass is 79.9. The highest BCUT2D eigenvalue weighted by Crippen LogP contribution is 2.21. The van der Waals surface area contributed by atoms with E-state index in [9.17, 15) is 0 Å². The van der Waals surface area contributed by atoms with Gasteiger partial charge < -0.3 is 0 Å². The first-order valence-corrected chi connectivity index (χ1v) is 7.66. The zero-order valence-electron chi connectivity index (χ0n) is 12.0. The van der Waals surface area contributed by atoms with Crippen molar-refractivity contribution in [3.8, 4) is 5.82 Å². The van der Waals surface area contributed by atoms with Gasteiger partial charge in [-0.3, -0.25) is 0 Å². The van der Waals surface area contributed by atoms with Gasteiger partial charge in [0.2, 0.25) is 0 Å². The van der Waals surface area contributed by atoms with Crippen LogP contribution in [0.25, 0.3) is 5.82 Å². The average molecular weight is 342 g/mol. The Morgan fingerprint density at radius 2 is 1.76 bits per heavy atom. The second kappa shape index (κ2) is 5.82. The van der Waals surface area contributed by atoms with E-state index in [4.69, 9.17) is 0 Å². The average Bonchev–Trinajstić information content (AvgIpc) is 2.76. The van der Waals surface area contributed by atoms with Crippen LogP contribution in [-0.2, 0) is 6.42 Å². The fourth-order valence-corrected chi connectivity index (χ4v) is 2.80. The molecule has 3 nitrogen and oxygen atoms in total. The van der Waals surface area contributed by atoms with E-state index in [0.717, 1.165) is 28.2 Å². The van der Waals surface area contributed by atoms with Gasteiger partial charge in [-0.1, -0.05) is 36.4 Å². The number of nitrogens with zero attached hydrogens (tertiary/aromatic N) is 3. The van der Waals surface area contributed by atoms with E-state index in [-0.39, 0.29) is 0 Å². The molecule has 0 atom stereocenters. The van der Waals surface area contributed by atoms with E-state index in [1.54, 1.807) is 0 Å². The number of benzene rings is 1. The summed E-state index contributed by atoms with van der Waals surface area (Å²) in [7, 11) is 0. The zero-order chi connectivity index (χ0) is 14.8. The molecule has 0 amide bonds. The van der Waals surface area contributed by atoms with Gasteiger partial charge in [0, 0.05) is 17.7 Å². The largest absolute Gasteiger partial charge is 0.222 e. The van der Waals surface area contributed by atoms with Crippen molar-refractivity contribution in [3.05, 3.63) is 75.6 Å². The van der Waals surface area contributed by atoms with Crippen LogP contribution >= 0.6 is 15.9 Å². The van der Waals surface area contributed by atoms with Gasteiger partial charge in [-0.25, -0.2) is 9.67 Å². The number of hydrogen-bond acceptors (Lipinski definition) is 2. The van der Waals surface area contributed by atoms with E-state index in [1.165, 1.54) is 11.1 Å². The predicted octanol–water partition coefficient (Wildman–Crippen LogP) is 4.24. The Morgan fingerprint density at radius 3 is 2.48 bits per heavy atom. The van der Waals surface area contributed by atoms with Crippen molar-refractivity contribution < 1.29 is 0 Å². The zero-order valence-corrected chi connectivity index (χ0v) is 13.6. The van der Waals surface area contributed by atoms with Crippen LogP contribution in [-0.4, -0.2) is 14.8 Å². The molecule has 0 saturated heterocycles. The lowest BCUT2D eigenvalue weighted by atomic mass is 10.0. The Labute approximate surface area is 132 Å². The minimum atomic E-state index is 0.817. The maximum atomic E-state index is 4.65. The lowest BCUT2D eigenvalue weighted by Gasteiger charge is -2.05. The molecule has 0 aliphatic carbocycles. The third-order valence-electron chi connectivity index (χ3n) is 3.58. The summed E-state index contributed by atoms with van der Waals surface area (Å²) in [5.74, 6) is 0.837. The fourth-order valence-electron chi connectivity index (χ4n) is 2.47. The van der Waals surface area contributed by atoms with Gasteiger partial charge in [0.25, 0.3) is 0 Å². The van der Waals surface area contributed by atoms with Gasteiger partial charge in [-0.15, -0.1) is 0 Å². The lowest BCUT2D eigenvalue weighted by Crippen LogP contribution is -2.02. The molecule has 0 spiro atoms. The molecule has 2 aromatic heterocycles. The van der Waals surface area contributed by atoms with Crippen molar-refractivity contribution in [1.29, 1.82) is 0 Å². The van der Waals surface area contributed by atoms with Crippen molar-refractivity contribution in [3.63, 3.8) is 0 Å². The van der Waals surface area contributed by atoms with Crippen LogP contribution in [0.2, 0.25) is 0 Å². The third-order valence-corrected chi connectivity index (χ3v) is 4.02. The Bertz CT molecular complexity index is 763. The minimum absolute atomic E-state index is 0.817. The maximum Gasteiger partial charge on any atom is 0.154 e. The third kappa shape index (κ3) is 2.90. The predicted molar refractivity (Wildman–Crippen MR) is 87.8 cm³/mol. The highest BCUT2D eigenvalue weighted by molar-refractivity contribution is 9.10. The molecule has 4 heteroatoms. The van der Waals surface area contributed by atoms with Crippen LogP contribution in [0.5, 0.6) is 0 Å². The molecular weight excluding hydrogens is 326 g/mol. The summed E-state index contributed by atoms with van der Waals surface area (Å²) >= 11 is 3.41. The summed E-state index contributed by atoms with van der Waals surface area (Å²) in [6, 6.07) is 16.3. The van der Waals surface area contributed by atoms with Crippen molar-refractivity contribution in [2.24, 2.45) is 0 Å². The Kier molecular flexibility index (Phi) is 3.88. The van der Waals surface area contributed by atoms with Crippen LogP contribution in [0.15, 0.2) is 53.1 Å². The SMILES string of the molecule is Cc1nn(-c2cccc(Br)n2)c(C)c1Cc1ccccc1. The van der Waals surface area contributed by atoms with Gasteiger partial charge in [0.1, 0.15) is 4.60 Å². The number of halogens is 1. The summed E-state index contributed by atoms with van der Waals surface area (Å²) in [6.07, 6.45) is 0.895. The van der Waals surface area contributed by atoms with Crippen LogP contribution in [0.1, 0.15) is 22.5 Å². The molecule has 21 heavy (non-hydrogen) atoms. The molecule has 0 aliphatic rings.